The van der Waals surface area contributed by atoms with E-state index in [4.69, 9.17) is 18.9 Å². The minimum Gasteiger partial charge on any atom is -0.508 e. The monoisotopic (exact) mass is 290 g/mol. The summed E-state index contributed by atoms with van der Waals surface area (Å²) in [5.74, 6) is 2.74. The summed E-state index contributed by atoms with van der Waals surface area (Å²) in [6, 6.07) is 8.34. The predicted molar refractivity (Wildman–Crippen MR) is 79.0 cm³/mol. The second kappa shape index (κ2) is 6.26. The van der Waals surface area contributed by atoms with Crippen LogP contribution in [0.4, 0.5) is 0 Å². The van der Waals surface area contributed by atoms with Gasteiger partial charge in [0.25, 0.3) is 0 Å². The van der Waals surface area contributed by atoms with Crippen LogP contribution in [0.2, 0.25) is 0 Å². The molecular formula is C16H18O5. The smallest absolute Gasteiger partial charge is 0.203 e. The molecule has 0 saturated heterocycles. The average molecular weight is 290 g/mol. The Balaban J connectivity index is 2.42. The average Bonchev–Trinajstić information content (AvgIpc) is 2.49. The van der Waals surface area contributed by atoms with Gasteiger partial charge in [-0.3, -0.25) is 0 Å². The van der Waals surface area contributed by atoms with Gasteiger partial charge in [-0.1, -0.05) is 6.07 Å². The van der Waals surface area contributed by atoms with Crippen LogP contribution in [0.3, 0.4) is 0 Å². The first-order chi connectivity index (χ1) is 10.1. The molecule has 0 unspecified atom stereocenters. The summed E-state index contributed by atoms with van der Waals surface area (Å²) in [6.45, 7) is 1.90. The molecule has 2 rings (SSSR count). The molecular weight excluding hydrogens is 272 g/mol. The quantitative estimate of drug-likeness (QED) is 0.913. The fraction of sp³-hybridized carbons (Fsp3) is 0.250. The summed E-state index contributed by atoms with van der Waals surface area (Å²) in [6.07, 6.45) is 0. The van der Waals surface area contributed by atoms with Gasteiger partial charge >= 0.3 is 0 Å². The summed E-state index contributed by atoms with van der Waals surface area (Å²) in [5.41, 5.74) is 0.904. The highest BCUT2D eigenvalue weighted by molar-refractivity contribution is 5.57. The summed E-state index contributed by atoms with van der Waals surface area (Å²) in [4.78, 5) is 0. The molecule has 0 aromatic heterocycles. The van der Waals surface area contributed by atoms with Crippen LogP contribution in [-0.4, -0.2) is 26.4 Å². The molecule has 5 nitrogen and oxygen atoms in total. The van der Waals surface area contributed by atoms with Crippen molar-refractivity contribution in [1.29, 1.82) is 0 Å². The van der Waals surface area contributed by atoms with Crippen LogP contribution in [0.15, 0.2) is 30.3 Å². The zero-order valence-corrected chi connectivity index (χ0v) is 12.5. The number of rotatable bonds is 5. The predicted octanol–water partition coefficient (Wildman–Crippen LogP) is 3.52. The lowest BCUT2D eigenvalue weighted by Gasteiger charge is -2.15. The molecule has 0 atom stereocenters. The highest BCUT2D eigenvalue weighted by atomic mass is 16.5. The van der Waals surface area contributed by atoms with E-state index in [0.29, 0.717) is 28.7 Å². The third-order valence-corrected chi connectivity index (χ3v) is 3.04. The van der Waals surface area contributed by atoms with E-state index >= 15 is 0 Å². The third kappa shape index (κ3) is 3.13. The molecule has 0 aliphatic carbocycles. The highest BCUT2D eigenvalue weighted by Gasteiger charge is 2.15. The van der Waals surface area contributed by atoms with Gasteiger partial charge < -0.3 is 24.1 Å². The molecule has 0 saturated carbocycles. The molecule has 0 bridgehead atoms. The van der Waals surface area contributed by atoms with E-state index in [9.17, 15) is 5.11 Å². The van der Waals surface area contributed by atoms with Crippen LogP contribution in [-0.2, 0) is 0 Å². The molecule has 2 aromatic rings. The van der Waals surface area contributed by atoms with Crippen molar-refractivity contribution in [1.82, 2.24) is 0 Å². The maximum Gasteiger partial charge on any atom is 0.203 e. The standard InChI is InChI=1S/C16H18O5/c1-10-5-6-11(17)7-13(10)21-12-8-14(18-2)16(20-4)15(9-12)19-3/h5-9,17H,1-4H3. The van der Waals surface area contributed by atoms with Crippen molar-refractivity contribution in [3.63, 3.8) is 0 Å². The molecule has 0 radical (unpaired) electrons. The molecule has 1 N–H and O–H groups in total. The molecule has 0 spiro atoms. The topological polar surface area (TPSA) is 57.2 Å². The van der Waals surface area contributed by atoms with Crippen molar-refractivity contribution < 1.29 is 24.1 Å². The maximum absolute atomic E-state index is 9.55. The number of ether oxygens (including phenoxy) is 4. The maximum atomic E-state index is 9.55. The van der Waals surface area contributed by atoms with E-state index in [-0.39, 0.29) is 5.75 Å². The van der Waals surface area contributed by atoms with E-state index in [1.807, 2.05) is 6.92 Å². The number of methoxy groups -OCH3 is 3. The van der Waals surface area contributed by atoms with Crippen LogP contribution in [0, 0.1) is 6.92 Å². The molecule has 0 aliphatic heterocycles. The van der Waals surface area contributed by atoms with Crippen LogP contribution in [0.1, 0.15) is 5.56 Å². The van der Waals surface area contributed by atoms with Gasteiger partial charge in [0.15, 0.2) is 11.5 Å². The van der Waals surface area contributed by atoms with E-state index < -0.39 is 0 Å². The fourth-order valence-electron chi connectivity index (χ4n) is 1.94. The number of aryl methyl sites for hydroxylation is 1. The number of phenolic OH excluding ortho intramolecular Hbond substituents is 1. The van der Waals surface area contributed by atoms with E-state index in [0.717, 1.165) is 5.56 Å². The van der Waals surface area contributed by atoms with Crippen LogP contribution in [0.25, 0.3) is 0 Å². The molecule has 0 amide bonds. The Morgan fingerprint density at radius 2 is 1.43 bits per heavy atom. The molecule has 0 heterocycles. The largest absolute Gasteiger partial charge is 0.508 e. The van der Waals surface area contributed by atoms with Gasteiger partial charge in [0.1, 0.15) is 17.2 Å². The lowest BCUT2D eigenvalue weighted by molar-refractivity contribution is 0.321. The summed E-state index contributed by atoms with van der Waals surface area (Å²) < 4.78 is 21.6. The third-order valence-electron chi connectivity index (χ3n) is 3.04. The number of benzene rings is 2. The van der Waals surface area contributed by atoms with E-state index in [1.54, 1.807) is 51.7 Å². The number of phenols is 1. The SMILES string of the molecule is COc1cc(Oc2cc(O)ccc2C)cc(OC)c1OC. The fourth-order valence-corrected chi connectivity index (χ4v) is 1.94. The van der Waals surface area contributed by atoms with Gasteiger partial charge in [-0.25, -0.2) is 0 Å². The molecule has 112 valence electrons. The second-order valence-corrected chi connectivity index (χ2v) is 4.41. The van der Waals surface area contributed by atoms with Crippen molar-refractivity contribution in [2.24, 2.45) is 0 Å². The molecule has 0 aliphatic rings. The normalized spacial score (nSPS) is 10.1. The molecule has 0 fully saturated rings. The first kappa shape index (κ1) is 14.8. The lowest BCUT2D eigenvalue weighted by Crippen LogP contribution is -1.96. The Kier molecular flexibility index (Phi) is 4.42. The van der Waals surface area contributed by atoms with Crippen molar-refractivity contribution >= 4 is 0 Å². The Hall–Kier alpha value is -2.56. The van der Waals surface area contributed by atoms with Gasteiger partial charge in [-0.05, 0) is 18.6 Å². The van der Waals surface area contributed by atoms with Crippen molar-refractivity contribution in [3.8, 4) is 34.5 Å². The Labute approximate surface area is 123 Å². The Morgan fingerprint density at radius 1 is 0.810 bits per heavy atom. The first-order valence-corrected chi connectivity index (χ1v) is 6.36. The molecule has 21 heavy (non-hydrogen) atoms. The van der Waals surface area contributed by atoms with Gasteiger partial charge in [-0.2, -0.15) is 0 Å². The van der Waals surface area contributed by atoms with Gasteiger partial charge in [0, 0.05) is 18.2 Å². The highest BCUT2D eigenvalue weighted by Crippen LogP contribution is 2.42. The summed E-state index contributed by atoms with van der Waals surface area (Å²) in [5, 5.41) is 9.55. The van der Waals surface area contributed by atoms with E-state index in [2.05, 4.69) is 0 Å². The Bertz CT molecular complexity index is 612. The van der Waals surface area contributed by atoms with Crippen molar-refractivity contribution in [2.45, 2.75) is 6.92 Å². The number of hydrogen-bond donors (Lipinski definition) is 1. The van der Waals surface area contributed by atoms with Crippen molar-refractivity contribution in [2.75, 3.05) is 21.3 Å². The molecule has 2 aromatic carbocycles. The van der Waals surface area contributed by atoms with Gasteiger partial charge in [0.2, 0.25) is 5.75 Å². The number of aromatic hydroxyl groups is 1. The van der Waals surface area contributed by atoms with Crippen LogP contribution >= 0.6 is 0 Å². The number of hydrogen-bond acceptors (Lipinski definition) is 5. The van der Waals surface area contributed by atoms with Gasteiger partial charge in [-0.15, -0.1) is 0 Å². The summed E-state index contributed by atoms with van der Waals surface area (Å²) >= 11 is 0. The zero-order chi connectivity index (χ0) is 15.4. The molecule has 5 heteroatoms. The van der Waals surface area contributed by atoms with Crippen LogP contribution < -0.4 is 18.9 Å². The minimum atomic E-state index is 0.142. The van der Waals surface area contributed by atoms with Crippen molar-refractivity contribution in [3.05, 3.63) is 35.9 Å². The first-order valence-electron chi connectivity index (χ1n) is 6.36. The van der Waals surface area contributed by atoms with Crippen LogP contribution in [0.5, 0.6) is 34.5 Å². The zero-order valence-electron chi connectivity index (χ0n) is 12.5. The Morgan fingerprint density at radius 3 is 1.95 bits per heavy atom. The van der Waals surface area contributed by atoms with Gasteiger partial charge in [0.05, 0.1) is 21.3 Å². The summed E-state index contributed by atoms with van der Waals surface area (Å²) in [7, 11) is 4.63. The second-order valence-electron chi connectivity index (χ2n) is 4.41. The van der Waals surface area contributed by atoms with E-state index in [1.165, 1.54) is 0 Å². The minimum absolute atomic E-state index is 0.142. The lowest BCUT2D eigenvalue weighted by atomic mass is 10.2.